The lowest BCUT2D eigenvalue weighted by Gasteiger charge is -2.25. The summed E-state index contributed by atoms with van der Waals surface area (Å²) >= 11 is 0. The molecule has 0 saturated carbocycles. The van der Waals surface area contributed by atoms with E-state index in [0.717, 1.165) is 59.6 Å². The molecular weight excluding hydrogens is 384 g/mol. The number of benzene rings is 2. The molecular formula is C25H22N6. The van der Waals surface area contributed by atoms with Crippen LogP contribution in [0.1, 0.15) is 18.9 Å². The predicted molar refractivity (Wildman–Crippen MR) is 123 cm³/mol. The average molecular weight is 406 g/mol. The van der Waals surface area contributed by atoms with E-state index >= 15 is 0 Å². The second-order valence-electron chi connectivity index (χ2n) is 8.01. The number of piperidine rings is 1. The first kappa shape index (κ1) is 18.2. The topological polar surface area (TPSA) is 68.5 Å². The van der Waals surface area contributed by atoms with E-state index in [4.69, 9.17) is 9.97 Å². The largest absolute Gasteiger partial charge is 0.317 e. The molecule has 0 radical (unpaired) electrons. The minimum absolute atomic E-state index is 0.348. The van der Waals surface area contributed by atoms with Gasteiger partial charge in [-0.3, -0.25) is 0 Å². The number of hydrogen-bond donors (Lipinski definition) is 1. The van der Waals surface area contributed by atoms with Crippen molar-refractivity contribution in [1.29, 1.82) is 0 Å². The maximum atomic E-state index is 5.11. The maximum absolute atomic E-state index is 5.11. The van der Waals surface area contributed by atoms with Gasteiger partial charge in [0.1, 0.15) is 17.7 Å². The quantitative estimate of drug-likeness (QED) is 0.473. The van der Waals surface area contributed by atoms with Crippen molar-refractivity contribution in [3.05, 3.63) is 73.4 Å². The molecule has 0 amide bonds. The monoisotopic (exact) mass is 406 g/mol. The summed E-state index contributed by atoms with van der Waals surface area (Å²) in [6.07, 6.45) is 9.22. The molecule has 1 fully saturated rings. The Labute approximate surface area is 180 Å². The second kappa shape index (κ2) is 7.56. The molecule has 6 nitrogen and oxygen atoms in total. The summed E-state index contributed by atoms with van der Waals surface area (Å²) in [5.41, 5.74) is 5.02. The lowest BCUT2D eigenvalue weighted by molar-refractivity contribution is 0.376. The first-order valence-electron chi connectivity index (χ1n) is 10.7. The Morgan fingerprint density at radius 1 is 0.871 bits per heavy atom. The van der Waals surface area contributed by atoms with Crippen LogP contribution in [-0.2, 0) is 0 Å². The van der Waals surface area contributed by atoms with E-state index in [1.807, 2.05) is 18.6 Å². The Morgan fingerprint density at radius 3 is 2.52 bits per heavy atom. The van der Waals surface area contributed by atoms with E-state index in [-0.39, 0.29) is 0 Å². The molecule has 0 bridgehead atoms. The van der Waals surface area contributed by atoms with Crippen molar-refractivity contribution < 1.29 is 0 Å². The molecule has 0 aliphatic carbocycles. The Balaban J connectivity index is 1.59. The summed E-state index contributed by atoms with van der Waals surface area (Å²) in [6, 6.07) is 17.4. The van der Waals surface area contributed by atoms with Gasteiger partial charge in [-0.05, 0) is 54.4 Å². The smallest absolute Gasteiger partial charge is 0.161 e. The van der Waals surface area contributed by atoms with Crippen LogP contribution >= 0.6 is 0 Å². The number of nitrogens with zero attached hydrogens (tertiary/aromatic N) is 5. The van der Waals surface area contributed by atoms with Crippen molar-refractivity contribution >= 4 is 21.9 Å². The van der Waals surface area contributed by atoms with E-state index in [0.29, 0.717) is 6.04 Å². The fraction of sp³-hybridized carbons (Fsp3) is 0.200. The van der Waals surface area contributed by atoms with Crippen molar-refractivity contribution in [3.8, 4) is 22.5 Å². The van der Waals surface area contributed by atoms with E-state index < -0.39 is 0 Å². The molecule has 152 valence electrons. The molecule has 0 unspecified atom stereocenters. The Bertz CT molecular complexity index is 1370. The summed E-state index contributed by atoms with van der Waals surface area (Å²) in [4.78, 5) is 18.4. The van der Waals surface area contributed by atoms with Crippen LogP contribution in [0.4, 0.5) is 0 Å². The molecule has 3 aromatic heterocycles. The SMILES string of the molecule is c1ccc2cc(-c3ccnc4c3nc(-c3cncnc3)n4C3CCNCC3)ccc2c1. The van der Waals surface area contributed by atoms with Crippen LogP contribution < -0.4 is 5.32 Å². The van der Waals surface area contributed by atoms with Gasteiger partial charge in [-0.1, -0.05) is 36.4 Å². The first-order valence-corrected chi connectivity index (χ1v) is 10.7. The molecule has 6 heteroatoms. The summed E-state index contributed by atoms with van der Waals surface area (Å²) in [5, 5.41) is 5.92. The van der Waals surface area contributed by atoms with Gasteiger partial charge < -0.3 is 9.88 Å². The number of nitrogens with one attached hydrogen (secondary N) is 1. The maximum Gasteiger partial charge on any atom is 0.161 e. The van der Waals surface area contributed by atoms with Gasteiger partial charge in [0.15, 0.2) is 5.65 Å². The first-order chi connectivity index (χ1) is 15.4. The molecule has 2 aromatic carbocycles. The molecule has 1 saturated heterocycles. The van der Waals surface area contributed by atoms with Crippen LogP contribution in [-0.4, -0.2) is 37.6 Å². The Kier molecular flexibility index (Phi) is 4.43. The lowest BCUT2D eigenvalue weighted by Crippen LogP contribution is -2.29. The van der Waals surface area contributed by atoms with Crippen LogP contribution in [0.15, 0.2) is 73.4 Å². The van der Waals surface area contributed by atoms with E-state index in [1.165, 1.54) is 10.8 Å². The van der Waals surface area contributed by atoms with Gasteiger partial charge in [0.25, 0.3) is 0 Å². The molecule has 1 aliphatic heterocycles. The third kappa shape index (κ3) is 3.16. The standard InChI is InChI=1S/C25H22N6/c1-2-4-18-13-19(6-5-17(18)3-1)22-9-12-29-25-23(22)30-24(20-14-27-16-28-15-20)31(25)21-7-10-26-11-8-21/h1-6,9,12-16,21,26H,7-8,10-11H2. The van der Waals surface area contributed by atoms with Crippen molar-refractivity contribution in [2.45, 2.75) is 18.9 Å². The second-order valence-corrected chi connectivity index (χ2v) is 8.01. The number of hydrogen-bond acceptors (Lipinski definition) is 5. The van der Waals surface area contributed by atoms with Gasteiger partial charge in [-0.15, -0.1) is 0 Å². The Morgan fingerprint density at radius 2 is 1.68 bits per heavy atom. The third-order valence-corrected chi connectivity index (χ3v) is 6.13. The summed E-state index contributed by atoms with van der Waals surface area (Å²) in [6.45, 7) is 2.00. The minimum atomic E-state index is 0.348. The van der Waals surface area contributed by atoms with Gasteiger partial charge in [-0.2, -0.15) is 0 Å². The third-order valence-electron chi connectivity index (χ3n) is 6.13. The normalized spacial score (nSPS) is 15.0. The highest BCUT2D eigenvalue weighted by Gasteiger charge is 2.24. The summed E-state index contributed by atoms with van der Waals surface area (Å²) < 4.78 is 2.30. The highest BCUT2D eigenvalue weighted by molar-refractivity contribution is 5.95. The number of fused-ring (bicyclic) bond motifs is 2. The van der Waals surface area contributed by atoms with Crippen LogP contribution in [0.2, 0.25) is 0 Å². The zero-order chi connectivity index (χ0) is 20.6. The van der Waals surface area contributed by atoms with Gasteiger partial charge in [0.2, 0.25) is 0 Å². The minimum Gasteiger partial charge on any atom is -0.317 e. The zero-order valence-electron chi connectivity index (χ0n) is 17.1. The number of imidazole rings is 1. The molecule has 4 heterocycles. The zero-order valence-corrected chi connectivity index (χ0v) is 17.1. The van der Waals surface area contributed by atoms with E-state index in [1.54, 1.807) is 6.33 Å². The lowest BCUT2D eigenvalue weighted by atomic mass is 10.0. The number of rotatable bonds is 3. The van der Waals surface area contributed by atoms with E-state index in [2.05, 4.69) is 68.4 Å². The summed E-state index contributed by atoms with van der Waals surface area (Å²) in [7, 11) is 0. The fourth-order valence-corrected chi connectivity index (χ4v) is 4.61. The highest BCUT2D eigenvalue weighted by atomic mass is 15.2. The van der Waals surface area contributed by atoms with Crippen molar-refractivity contribution in [1.82, 2.24) is 29.8 Å². The van der Waals surface area contributed by atoms with Gasteiger partial charge >= 0.3 is 0 Å². The van der Waals surface area contributed by atoms with Crippen LogP contribution in [0.25, 0.3) is 44.5 Å². The predicted octanol–water partition coefficient (Wildman–Crippen LogP) is 4.63. The van der Waals surface area contributed by atoms with Crippen LogP contribution in [0, 0.1) is 0 Å². The van der Waals surface area contributed by atoms with Crippen molar-refractivity contribution in [2.24, 2.45) is 0 Å². The average Bonchev–Trinajstić information content (AvgIpc) is 3.25. The molecule has 1 N–H and O–H groups in total. The van der Waals surface area contributed by atoms with Crippen LogP contribution in [0.3, 0.4) is 0 Å². The summed E-state index contributed by atoms with van der Waals surface area (Å²) in [5.74, 6) is 0.892. The molecule has 1 aliphatic rings. The number of aromatic nitrogens is 5. The molecule has 6 rings (SSSR count). The van der Waals surface area contributed by atoms with Gasteiger partial charge in [0, 0.05) is 30.2 Å². The Hall–Kier alpha value is -3.64. The van der Waals surface area contributed by atoms with Gasteiger partial charge in [-0.25, -0.2) is 19.9 Å². The molecule has 0 atom stereocenters. The van der Waals surface area contributed by atoms with Gasteiger partial charge in [0.05, 0.1) is 5.56 Å². The van der Waals surface area contributed by atoms with Crippen molar-refractivity contribution in [3.63, 3.8) is 0 Å². The fourth-order valence-electron chi connectivity index (χ4n) is 4.61. The van der Waals surface area contributed by atoms with Crippen molar-refractivity contribution in [2.75, 3.05) is 13.1 Å². The van der Waals surface area contributed by atoms with Crippen LogP contribution in [0.5, 0.6) is 0 Å². The number of pyridine rings is 1. The molecule has 5 aromatic rings. The highest BCUT2D eigenvalue weighted by Crippen LogP contribution is 2.35. The van der Waals surface area contributed by atoms with E-state index in [9.17, 15) is 0 Å². The molecule has 31 heavy (non-hydrogen) atoms. The molecule has 0 spiro atoms.